The Hall–Kier alpha value is -2.04. The molecule has 0 atom stereocenters. The Labute approximate surface area is 116 Å². The highest BCUT2D eigenvalue weighted by molar-refractivity contribution is 5.69. The van der Waals surface area contributed by atoms with Gasteiger partial charge in [-0.15, -0.1) is 5.73 Å². The number of hydrogen-bond acceptors (Lipinski definition) is 0. The van der Waals surface area contributed by atoms with Crippen molar-refractivity contribution in [1.29, 1.82) is 0 Å². The molecule has 2 rings (SSSR count). The molecule has 2 aromatic rings. The molecule has 0 heterocycles. The number of rotatable bonds is 2. The van der Waals surface area contributed by atoms with Crippen LogP contribution in [0.15, 0.2) is 48.2 Å². The van der Waals surface area contributed by atoms with Crippen LogP contribution in [0.4, 0.5) is 0 Å². The van der Waals surface area contributed by atoms with E-state index in [1.54, 1.807) is 0 Å². The molecule has 0 radical (unpaired) electrons. The highest BCUT2D eigenvalue weighted by Crippen LogP contribution is 2.19. The van der Waals surface area contributed by atoms with E-state index in [0.717, 1.165) is 0 Å². The Morgan fingerprint density at radius 2 is 1.53 bits per heavy atom. The topological polar surface area (TPSA) is 0 Å². The van der Waals surface area contributed by atoms with Crippen LogP contribution in [0.3, 0.4) is 0 Å². The minimum atomic E-state index is 1.17. The minimum Gasteiger partial charge on any atom is -0.116 e. The maximum Gasteiger partial charge on any atom is -0.00188 e. The van der Waals surface area contributed by atoms with E-state index in [1.165, 1.54) is 33.4 Å². The zero-order valence-corrected chi connectivity index (χ0v) is 12.1. The predicted molar refractivity (Wildman–Crippen MR) is 84.2 cm³/mol. The lowest BCUT2D eigenvalue weighted by Crippen LogP contribution is -1.87. The SMILES string of the molecule is CC(=C=Cc1c(C)cc(C)cc1C)c1ccccc1. The van der Waals surface area contributed by atoms with Gasteiger partial charge < -0.3 is 0 Å². The number of hydrogen-bond donors (Lipinski definition) is 0. The maximum absolute atomic E-state index is 3.41. The van der Waals surface area contributed by atoms with Crippen LogP contribution in [-0.4, -0.2) is 0 Å². The first-order chi connectivity index (χ1) is 9.08. The molecule has 0 bridgehead atoms. The Morgan fingerprint density at radius 3 is 2.11 bits per heavy atom. The molecule has 0 aliphatic rings. The maximum atomic E-state index is 3.41. The van der Waals surface area contributed by atoms with Gasteiger partial charge in [-0.25, -0.2) is 0 Å². The van der Waals surface area contributed by atoms with Gasteiger partial charge in [0.1, 0.15) is 0 Å². The van der Waals surface area contributed by atoms with Crippen molar-refractivity contribution in [2.45, 2.75) is 27.7 Å². The largest absolute Gasteiger partial charge is 0.116 e. The summed E-state index contributed by atoms with van der Waals surface area (Å²) >= 11 is 0. The first-order valence-electron chi connectivity index (χ1n) is 6.64. The second-order valence-electron chi connectivity index (χ2n) is 5.09. The molecule has 0 aliphatic heterocycles. The normalized spacial score (nSPS) is 9.89. The third kappa shape index (κ3) is 3.24. The van der Waals surface area contributed by atoms with Gasteiger partial charge >= 0.3 is 0 Å². The van der Waals surface area contributed by atoms with Crippen LogP contribution in [0.1, 0.15) is 34.7 Å². The van der Waals surface area contributed by atoms with E-state index in [9.17, 15) is 0 Å². The first-order valence-corrected chi connectivity index (χ1v) is 6.64. The van der Waals surface area contributed by atoms with Gasteiger partial charge in [-0.2, -0.15) is 0 Å². The van der Waals surface area contributed by atoms with Gasteiger partial charge in [-0.3, -0.25) is 0 Å². The Bertz CT molecular complexity index is 616. The fourth-order valence-electron chi connectivity index (χ4n) is 2.37. The van der Waals surface area contributed by atoms with E-state index in [4.69, 9.17) is 0 Å². The smallest absolute Gasteiger partial charge is 0.00188 e. The highest BCUT2D eigenvalue weighted by atomic mass is 14.0. The molecule has 0 unspecified atom stereocenters. The molecule has 0 amide bonds. The molecule has 0 fully saturated rings. The van der Waals surface area contributed by atoms with Crippen molar-refractivity contribution in [1.82, 2.24) is 0 Å². The third-order valence-electron chi connectivity index (χ3n) is 3.38. The molecular weight excluding hydrogens is 228 g/mol. The van der Waals surface area contributed by atoms with Crippen LogP contribution >= 0.6 is 0 Å². The second-order valence-corrected chi connectivity index (χ2v) is 5.09. The summed E-state index contributed by atoms with van der Waals surface area (Å²) in [4.78, 5) is 0. The van der Waals surface area contributed by atoms with Gasteiger partial charge in [0.05, 0.1) is 0 Å². The number of aryl methyl sites for hydroxylation is 3. The summed E-state index contributed by atoms with van der Waals surface area (Å²) in [5.74, 6) is 0. The van der Waals surface area contributed by atoms with Gasteiger partial charge in [0.15, 0.2) is 0 Å². The first kappa shape index (κ1) is 13.4. The average molecular weight is 248 g/mol. The van der Waals surface area contributed by atoms with Crippen LogP contribution in [0.2, 0.25) is 0 Å². The van der Waals surface area contributed by atoms with Crippen molar-refractivity contribution in [3.63, 3.8) is 0 Å². The number of allylic oxidation sites excluding steroid dienone is 1. The van der Waals surface area contributed by atoms with Crippen LogP contribution in [0, 0.1) is 20.8 Å². The van der Waals surface area contributed by atoms with E-state index in [1.807, 2.05) is 6.07 Å². The van der Waals surface area contributed by atoms with Crippen LogP contribution < -0.4 is 0 Å². The minimum absolute atomic E-state index is 1.17. The molecule has 0 aromatic heterocycles. The monoisotopic (exact) mass is 248 g/mol. The van der Waals surface area contributed by atoms with E-state index >= 15 is 0 Å². The van der Waals surface area contributed by atoms with Gasteiger partial charge in [-0.1, -0.05) is 48.0 Å². The average Bonchev–Trinajstić information content (AvgIpc) is 2.38. The number of benzene rings is 2. The molecule has 0 saturated heterocycles. The molecule has 0 nitrogen and oxygen atoms in total. The molecule has 0 spiro atoms. The van der Waals surface area contributed by atoms with E-state index in [-0.39, 0.29) is 0 Å². The quantitative estimate of drug-likeness (QED) is 0.630. The molecule has 96 valence electrons. The summed E-state index contributed by atoms with van der Waals surface area (Å²) in [6, 6.07) is 14.8. The summed E-state index contributed by atoms with van der Waals surface area (Å²) in [6.45, 7) is 8.56. The van der Waals surface area contributed by atoms with E-state index < -0.39 is 0 Å². The summed E-state index contributed by atoms with van der Waals surface area (Å²) in [5.41, 5.74) is 11.0. The van der Waals surface area contributed by atoms with Gasteiger partial charge in [-0.05, 0) is 61.6 Å². The summed E-state index contributed by atoms with van der Waals surface area (Å²) in [7, 11) is 0. The molecule has 0 aliphatic carbocycles. The molecule has 0 N–H and O–H groups in total. The third-order valence-corrected chi connectivity index (χ3v) is 3.38. The zero-order chi connectivity index (χ0) is 13.8. The fraction of sp³-hybridized carbons (Fsp3) is 0.211. The fourth-order valence-corrected chi connectivity index (χ4v) is 2.37. The zero-order valence-electron chi connectivity index (χ0n) is 12.1. The van der Waals surface area contributed by atoms with Gasteiger partial charge in [0, 0.05) is 0 Å². The summed E-state index contributed by atoms with van der Waals surface area (Å²) in [5, 5.41) is 0. The summed E-state index contributed by atoms with van der Waals surface area (Å²) < 4.78 is 0. The highest BCUT2D eigenvalue weighted by Gasteiger charge is 2.00. The van der Waals surface area contributed by atoms with Crippen LogP contribution in [-0.2, 0) is 0 Å². The van der Waals surface area contributed by atoms with Crippen molar-refractivity contribution in [2.75, 3.05) is 0 Å². The predicted octanol–water partition coefficient (Wildman–Crippen LogP) is 5.33. The Balaban J connectivity index is 2.43. The molecule has 19 heavy (non-hydrogen) atoms. The van der Waals surface area contributed by atoms with Crippen molar-refractivity contribution in [3.8, 4) is 0 Å². The van der Waals surface area contributed by atoms with Crippen molar-refractivity contribution in [3.05, 3.63) is 76.0 Å². The Morgan fingerprint density at radius 1 is 0.947 bits per heavy atom. The van der Waals surface area contributed by atoms with Crippen LogP contribution in [0.25, 0.3) is 11.6 Å². The van der Waals surface area contributed by atoms with Crippen molar-refractivity contribution in [2.24, 2.45) is 0 Å². The lowest BCUT2D eigenvalue weighted by molar-refractivity contribution is 1.30. The Kier molecular flexibility index (Phi) is 4.04. The summed E-state index contributed by atoms with van der Waals surface area (Å²) in [6.07, 6.45) is 2.10. The lowest BCUT2D eigenvalue weighted by Gasteiger charge is -2.06. The molecule has 0 saturated carbocycles. The second kappa shape index (κ2) is 5.73. The van der Waals surface area contributed by atoms with Gasteiger partial charge in [0.2, 0.25) is 0 Å². The van der Waals surface area contributed by atoms with Crippen LogP contribution in [0.5, 0.6) is 0 Å². The lowest BCUT2D eigenvalue weighted by atomic mass is 9.99. The molecular formula is C19H20. The van der Waals surface area contributed by atoms with Crippen molar-refractivity contribution >= 4 is 11.6 Å². The van der Waals surface area contributed by atoms with E-state index in [2.05, 4.69) is 75.9 Å². The van der Waals surface area contributed by atoms with Crippen molar-refractivity contribution < 1.29 is 0 Å². The molecule has 2 aromatic carbocycles. The molecule has 0 heteroatoms. The standard InChI is InChI=1S/C19H20/c1-14-12-16(3)19(17(4)13-14)11-10-15(2)18-8-6-5-7-9-18/h5-9,11-13H,1-4H3. The van der Waals surface area contributed by atoms with E-state index in [0.29, 0.717) is 0 Å². The van der Waals surface area contributed by atoms with Gasteiger partial charge in [0.25, 0.3) is 0 Å².